The predicted molar refractivity (Wildman–Crippen MR) is 155 cm³/mol. The smallest absolute Gasteiger partial charge is 0.322 e. The molecule has 0 saturated heterocycles. The highest BCUT2D eigenvalue weighted by Crippen LogP contribution is 2.35. The molecule has 7 heteroatoms. The third kappa shape index (κ3) is 7.19. The van der Waals surface area contributed by atoms with Gasteiger partial charge in [0.2, 0.25) is 0 Å². The number of benzene rings is 3. The molecule has 1 aliphatic rings. The molecule has 0 aliphatic carbocycles. The number of hydrogen-bond acceptors (Lipinski definition) is 6. The van der Waals surface area contributed by atoms with Gasteiger partial charge in [0.1, 0.15) is 6.04 Å². The minimum atomic E-state index is -0.929. The number of Topliss-reactive ketones (excluding diaryl/α,β-unsaturated/α-hetero) is 1. The van der Waals surface area contributed by atoms with Crippen LogP contribution in [-0.4, -0.2) is 53.1 Å². The van der Waals surface area contributed by atoms with Gasteiger partial charge in [0.05, 0.1) is 6.04 Å². The lowest BCUT2D eigenvalue weighted by atomic mass is 9.80. The molecule has 0 amide bonds. The van der Waals surface area contributed by atoms with Crippen molar-refractivity contribution in [3.8, 4) is 11.1 Å². The normalized spacial score (nSPS) is 18.1. The Morgan fingerprint density at radius 2 is 1.62 bits per heavy atom. The number of ketones is 1. The lowest BCUT2D eigenvalue weighted by Gasteiger charge is -2.43. The number of unbranched alkanes of at least 4 members (excludes halogenated alkanes) is 1. The Kier molecular flexibility index (Phi) is 10.0. The largest absolute Gasteiger partial charge is 0.480 e. The van der Waals surface area contributed by atoms with Gasteiger partial charge in [-0.3, -0.25) is 9.59 Å². The van der Waals surface area contributed by atoms with E-state index in [4.69, 9.17) is 5.73 Å². The summed E-state index contributed by atoms with van der Waals surface area (Å²) in [6.07, 6.45) is 1.89. The summed E-state index contributed by atoms with van der Waals surface area (Å²) in [4.78, 5) is 26.5. The fraction of sp³-hybridized carbons (Fsp3) is 0.375. The van der Waals surface area contributed by atoms with Gasteiger partial charge in [-0.2, -0.15) is 0 Å². The van der Waals surface area contributed by atoms with E-state index in [2.05, 4.69) is 36.7 Å². The number of nitrogens with zero attached hydrogens (tertiary/aromatic N) is 1. The van der Waals surface area contributed by atoms with E-state index < -0.39 is 18.1 Å². The first kappa shape index (κ1) is 28.6. The third-order valence-electron chi connectivity index (χ3n) is 7.37. The van der Waals surface area contributed by atoms with Gasteiger partial charge in [0.25, 0.3) is 0 Å². The van der Waals surface area contributed by atoms with Crippen LogP contribution >= 0.6 is 0 Å². The summed E-state index contributed by atoms with van der Waals surface area (Å²) in [5.41, 5.74) is 13.9. The van der Waals surface area contributed by atoms with E-state index in [1.54, 1.807) is 0 Å². The average Bonchev–Trinajstić information content (AvgIpc) is 2.95. The minimum Gasteiger partial charge on any atom is -0.480 e. The van der Waals surface area contributed by atoms with Crippen LogP contribution in [0.25, 0.3) is 11.1 Å². The Balaban J connectivity index is 1.69. The lowest BCUT2D eigenvalue weighted by molar-refractivity contribution is -0.142. The average molecular weight is 529 g/mol. The molecule has 4 rings (SSSR count). The Morgan fingerprint density at radius 3 is 2.28 bits per heavy atom. The number of fused-ring (bicyclic) bond motifs is 1. The summed E-state index contributed by atoms with van der Waals surface area (Å²) < 4.78 is 0. The van der Waals surface area contributed by atoms with Gasteiger partial charge >= 0.3 is 5.97 Å². The lowest BCUT2D eigenvalue weighted by Crippen LogP contribution is -2.59. The highest BCUT2D eigenvalue weighted by atomic mass is 16.4. The van der Waals surface area contributed by atoms with Crippen LogP contribution in [0.2, 0.25) is 0 Å². The fourth-order valence-electron chi connectivity index (χ4n) is 5.31. The monoisotopic (exact) mass is 528 g/mol. The van der Waals surface area contributed by atoms with Crippen LogP contribution in [0.4, 0.5) is 0 Å². The molecule has 2 unspecified atom stereocenters. The zero-order valence-electron chi connectivity index (χ0n) is 22.8. The minimum absolute atomic E-state index is 0.0294. The molecular formula is C32H40N4O3. The van der Waals surface area contributed by atoms with E-state index in [1.807, 2.05) is 71.7 Å². The number of hydrogen-bond donors (Lipinski definition) is 4. The molecule has 0 saturated carbocycles. The van der Waals surface area contributed by atoms with Gasteiger partial charge in [-0.15, -0.1) is 0 Å². The molecule has 5 N–H and O–H groups in total. The molecule has 1 aliphatic heterocycles. The molecule has 0 aromatic heterocycles. The molecule has 3 atom stereocenters. The number of carbonyl (C=O) groups excluding carboxylic acids is 1. The summed E-state index contributed by atoms with van der Waals surface area (Å²) in [5, 5.41) is 15.4. The van der Waals surface area contributed by atoms with Crippen molar-refractivity contribution in [1.82, 2.24) is 15.8 Å². The van der Waals surface area contributed by atoms with Crippen molar-refractivity contribution in [3.63, 3.8) is 0 Å². The SMILES string of the molecule is CC(C)NCC1c2ccccc2CN(N[C@H](CCCCN)C(=O)O)C1C(=O)c1ccc(-c2ccccc2)cc1. The molecule has 7 nitrogen and oxygen atoms in total. The number of aliphatic carboxylic acids is 1. The highest BCUT2D eigenvalue weighted by Gasteiger charge is 2.41. The van der Waals surface area contributed by atoms with E-state index in [1.165, 1.54) is 0 Å². The van der Waals surface area contributed by atoms with Gasteiger partial charge in [0.15, 0.2) is 5.78 Å². The van der Waals surface area contributed by atoms with Crippen LogP contribution in [-0.2, 0) is 11.3 Å². The summed E-state index contributed by atoms with van der Waals surface area (Å²) in [5.74, 6) is -1.12. The molecule has 0 fully saturated rings. The van der Waals surface area contributed by atoms with Gasteiger partial charge in [-0.25, -0.2) is 10.4 Å². The first-order valence-corrected chi connectivity index (χ1v) is 13.9. The number of nitrogens with two attached hydrogens (primary N) is 1. The van der Waals surface area contributed by atoms with E-state index in [-0.39, 0.29) is 17.7 Å². The number of carboxylic acid groups (broad SMARTS) is 1. The first-order valence-electron chi connectivity index (χ1n) is 13.9. The van der Waals surface area contributed by atoms with Gasteiger partial charge < -0.3 is 16.2 Å². The van der Waals surface area contributed by atoms with Crippen molar-refractivity contribution in [3.05, 3.63) is 95.6 Å². The maximum Gasteiger partial charge on any atom is 0.322 e. The predicted octanol–water partition coefficient (Wildman–Crippen LogP) is 4.59. The quantitative estimate of drug-likeness (QED) is 0.190. The van der Waals surface area contributed by atoms with Crippen molar-refractivity contribution in [2.24, 2.45) is 5.73 Å². The topological polar surface area (TPSA) is 108 Å². The van der Waals surface area contributed by atoms with Crippen molar-refractivity contribution < 1.29 is 14.7 Å². The van der Waals surface area contributed by atoms with Crippen LogP contribution in [0.5, 0.6) is 0 Å². The summed E-state index contributed by atoms with van der Waals surface area (Å²) in [7, 11) is 0. The Morgan fingerprint density at radius 1 is 0.949 bits per heavy atom. The molecule has 206 valence electrons. The number of carbonyl (C=O) groups is 2. The fourth-order valence-corrected chi connectivity index (χ4v) is 5.31. The van der Waals surface area contributed by atoms with Crippen LogP contribution in [0.1, 0.15) is 60.5 Å². The zero-order chi connectivity index (χ0) is 27.8. The molecule has 3 aromatic carbocycles. The van der Waals surface area contributed by atoms with Crippen LogP contribution in [0.3, 0.4) is 0 Å². The van der Waals surface area contributed by atoms with Crippen LogP contribution in [0, 0.1) is 0 Å². The molecule has 3 aromatic rings. The Labute approximate surface area is 231 Å². The number of hydrazine groups is 1. The maximum absolute atomic E-state index is 14.3. The van der Waals surface area contributed by atoms with Crippen molar-refractivity contribution >= 4 is 11.8 Å². The van der Waals surface area contributed by atoms with Crippen molar-refractivity contribution in [2.75, 3.05) is 13.1 Å². The maximum atomic E-state index is 14.3. The molecule has 1 heterocycles. The van der Waals surface area contributed by atoms with Crippen molar-refractivity contribution in [1.29, 1.82) is 0 Å². The van der Waals surface area contributed by atoms with Crippen LogP contribution in [0.15, 0.2) is 78.9 Å². The van der Waals surface area contributed by atoms with Gasteiger partial charge in [0, 0.05) is 30.6 Å². The van der Waals surface area contributed by atoms with Crippen LogP contribution < -0.4 is 16.5 Å². The second kappa shape index (κ2) is 13.6. The molecule has 0 bridgehead atoms. The van der Waals surface area contributed by atoms with Gasteiger partial charge in [-0.05, 0) is 48.1 Å². The van der Waals surface area contributed by atoms with E-state index >= 15 is 0 Å². The van der Waals surface area contributed by atoms with E-state index in [0.717, 1.165) is 28.7 Å². The number of carboxylic acids is 1. The van der Waals surface area contributed by atoms with E-state index in [9.17, 15) is 14.7 Å². The van der Waals surface area contributed by atoms with E-state index in [0.29, 0.717) is 38.0 Å². The van der Waals surface area contributed by atoms with Crippen molar-refractivity contribution in [2.45, 2.75) is 63.7 Å². The first-order chi connectivity index (χ1) is 18.9. The molecule has 0 spiro atoms. The summed E-state index contributed by atoms with van der Waals surface area (Å²) >= 11 is 0. The summed E-state index contributed by atoms with van der Waals surface area (Å²) in [6.45, 7) is 5.72. The molecule has 0 radical (unpaired) electrons. The zero-order valence-corrected chi connectivity index (χ0v) is 22.8. The second-order valence-electron chi connectivity index (χ2n) is 10.6. The third-order valence-corrected chi connectivity index (χ3v) is 7.37. The second-order valence-corrected chi connectivity index (χ2v) is 10.6. The standard InChI is InChI=1S/C32H40N4O3/c1-22(2)34-20-28-27-13-7-6-12-26(27)21-36(35-29(32(38)39)14-8-9-19-33)30(28)31(37)25-17-15-24(16-18-25)23-10-4-3-5-11-23/h3-7,10-13,15-18,22,28-30,34-35H,8-9,14,19-21,33H2,1-2H3,(H,38,39)/t28?,29-,30?/m1/s1. The summed E-state index contributed by atoms with van der Waals surface area (Å²) in [6, 6.07) is 24.8. The number of nitrogens with one attached hydrogen (secondary N) is 2. The van der Waals surface area contributed by atoms with Gasteiger partial charge in [-0.1, -0.05) is 92.7 Å². The highest BCUT2D eigenvalue weighted by molar-refractivity contribution is 6.01. The molecular weight excluding hydrogens is 488 g/mol. The molecule has 39 heavy (non-hydrogen) atoms. The number of rotatable bonds is 13. The Hall–Kier alpha value is -3.36. The Bertz CT molecular complexity index is 1230.